The van der Waals surface area contributed by atoms with E-state index in [-0.39, 0.29) is 0 Å². The van der Waals surface area contributed by atoms with Crippen LogP contribution in [0.3, 0.4) is 0 Å². The summed E-state index contributed by atoms with van der Waals surface area (Å²) in [6, 6.07) is 14.7. The Morgan fingerprint density at radius 3 is 2.64 bits per heavy atom. The molecule has 112 valence electrons. The smallest absolute Gasteiger partial charge is 0.213 e. The Labute approximate surface area is 129 Å². The van der Waals surface area contributed by atoms with Gasteiger partial charge in [-0.2, -0.15) is 0 Å². The van der Waals surface area contributed by atoms with E-state index in [1.807, 2.05) is 10.8 Å². The molecule has 2 heterocycles. The summed E-state index contributed by atoms with van der Waals surface area (Å²) in [5, 5.41) is 2.42. The molecule has 1 aromatic heterocycles. The van der Waals surface area contributed by atoms with Gasteiger partial charge < -0.3 is 14.0 Å². The van der Waals surface area contributed by atoms with E-state index in [2.05, 4.69) is 47.4 Å². The molecule has 0 spiro atoms. The van der Waals surface area contributed by atoms with Crippen LogP contribution in [-0.2, 0) is 21.8 Å². The second kappa shape index (κ2) is 5.55. The Kier molecular flexibility index (Phi) is 3.41. The second-order valence-corrected chi connectivity index (χ2v) is 5.60. The first-order valence-corrected chi connectivity index (χ1v) is 7.59. The predicted molar refractivity (Wildman–Crippen MR) is 84.4 cm³/mol. The van der Waals surface area contributed by atoms with Crippen LogP contribution in [0.1, 0.15) is 12.0 Å². The van der Waals surface area contributed by atoms with Crippen molar-refractivity contribution in [1.29, 1.82) is 0 Å². The molecule has 0 atom stereocenters. The summed E-state index contributed by atoms with van der Waals surface area (Å²) in [4.78, 5) is 4.11. The van der Waals surface area contributed by atoms with Gasteiger partial charge in [0.05, 0.1) is 26.1 Å². The van der Waals surface area contributed by atoms with Crippen molar-refractivity contribution in [2.45, 2.75) is 18.8 Å². The molecule has 0 aliphatic carbocycles. The molecule has 4 rings (SSSR count). The van der Waals surface area contributed by atoms with Gasteiger partial charge in [0.25, 0.3) is 0 Å². The van der Waals surface area contributed by atoms with Crippen molar-refractivity contribution in [2.75, 3.05) is 13.2 Å². The molecule has 3 aromatic rings. The summed E-state index contributed by atoms with van der Waals surface area (Å²) in [7, 11) is 0. The minimum Gasteiger partial charge on any atom is -0.344 e. The van der Waals surface area contributed by atoms with Gasteiger partial charge in [0.15, 0.2) is 0 Å². The quantitative estimate of drug-likeness (QED) is 0.743. The molecule has 0 saturated carbocycles. The lowest BCUT2D eigenvalue weighted by atomic mass is 10.00. The van der Waals surface area contributed by atoms with Crippen LogP contribution in [0, 0.1) is 0 Å². The molecule has 1 aliphatic heterocycles. The number of hydrogen-bond acceptors (Lipinski definition) is 3. The van der Waals surface area contributed by atoms with Crippen LogP contribution in [0.25, 0.3) is 10.8 Å². The molecule has 0 amide bonds. The Balaban J connectivity index is 1.78. The second-order valence-electron chi connectivity index (χ2n) is 5.60. The van der Waals surface area contributed by atoms with Gasteiger partial charge in [0.2, 0.25) is 5.79 Å². The summed E-state index contributed by atoms with van der Waals surface area (Å²) < 4.78 is 14.2. The third-order valence-corrected chi connectivity index (χ3v) is 4.10. The summed E-state index contributed by atoms with van der Waals surface area (Å²) in [5.74, 6) is -0.733. The highest BCUT2D eigenvalue weighted by Gasteiger charge is 2.37. The Morgan fingerprint density at radius 2 is 1.86 bits per heavy atom. The Hall–Kier alpha value is -2.17. The standard InChI is InChI=1S/C18H18N2O2/c1-2-5-16-12-17(7-6-15(16)4-1)18(21-10-3-11-22-18)13-20-9-8-19-14-20/h1-2,4-9,12,14H,3,10-11,13H2. The van der Waals surface area contributed by atoms with Crippen molar-refractivity contribution >= 4 is 10.8 Å². The van der Waals surface area contributed by atoms with Crippen LogP contribution in [0.5, 0.6) is 0 Å². The number of imidazole rings is 1. The molecule has 0 bridgehead atoms. The zero-order chi connectivity index (χ0) is 14.8. The maximum Gasteiger partial charge on any atom is 0.213 e. The van der Waals surface area contributed by atoms with Gasteiger partial charge in [-0.15, -0.1) is 0 Å². The summed E-state index contributed by atoms with van der Waals surface area (Å²) in [6.07, 6.45) is 6.43. The zero-order valence-corrected chi connectivity index (χ0v) is 12.3. The number of ether oxygens (including phenoxy) is 2. The van der Waals surface area contributed by atoms with Gasteiger partial charge in [0.1, 0.15) is 0 Å². The molecule has 1 aliphatic rings. The molecule has 0 N–H and O–H groups in total. The third-order valence-electron chi connectivity index (χ3n) is 4.10. The first-order valence-electron chi connectivity index (χ1n) is 7.59. The van der Waals surface area contributed by atoms with Crippen LogP contribution in [-0.4, -0.2) is 22.8 Å². The van der Waals surface area contributed by atoms with Gasteiger partial charge in [-0.1, -0.05) is 36.4 Å². The van der Waals surface area contributed by atoms with E-state index in [1.54, 1.807) is 12.5 Å². The van der Waals surface area contributed by atoms with E-state index in [1.165, 1.54) is 10.8 Å². The lowest BCUT2D eigenvalue weighted by molar-refractivity contribution is -0.283. The molecule has 1 fully saturated rings. The molecule has 2 aromatic carbocycles. The Morgan fingerprint density at radius 1 is 1.05 bits per heavy atom. The molecule has 22 heavy (non-hydrogen) atoms. The highest BCUT2D eigenvalue weighted by molar-refractivity contribution is 5.83. The number of nitrogens with zero attached hydrogens (tertiary/aromatic N) is 2. The molecule has 4 heteroatoms. The molecular weight excluding hydrogens is 276 g/mol. The van der Waals surface area contributed by atoms with Crippen molar-refractivity contribution in [3.05, 3.63) is 66.7 Å². The molecular formula is C18H18N2O2. The summed E-state index contributed by atoms with van der Waals surface area (Å²) in [6.45, 7) is 2.02. The summed E-state index contributed by atoms with van der Waals surface area (Å²) in [5.41, 5.74) is 1.06. The average molecular weight is 294 g/mol. The summed E-state index contributed by atoms with van der Waals surface area (Å²) >= 11 is 0. The van der Waals surface area contributed by atoms with Crippen LogP contribution < -0.4 is 0 Å². The number of rotatable bonds is 3. The largest absolute Gasteiger partial charge is 0.344 e. The Bertz CT molecular complexity index is 762. The zero-order valence-electron chi connectivity index (χ0n) is 12.3. The number of fused-ring (bicyclic) bond motifs is 1. The maximum absolute atomic E-state index is 6.10. The van der Waals surface area contributed by atoms with Crippen molar-refractivity contribution in [3.8, 4) is 0 Å². The topological polar surface area (TPSA) is 36.3 Å². The SMILES string of the molecule is c1ccc2cc(C3(Cn4ccnc4)OCCCO3)ccc2c1. The highest BCUT2D eigenvalue weighted by atomic mass is 16.7. The van der Waals surface area contributed by atoms with Crippen molar-refractivity contribution < 1.29 is 9.47 Å². The number of aromatic nitrogens is 2. The van der Waals surface area contributed by atoms with E-state index in [0.29, 0.717) is 19.8 Å². The lowest BCUT2D eigenvalue weighted by Crippen LogP contribution is -2.41. The van der Waals surface area contributed by atoms with Gasteiger partial charge >= 0.3 is 0 Å². The highest BCUT2D eigenvalue weighted by Crippen LogP contribution is 2.34. The first-order chi connectivity index (χ1) is 10.9. The first kappa shape index (κ1) is 13.5. The van der Waals surface area contributed by atoms with Crippen LogP contribution in [0.4, 0.5) is 0 Å². The van der Waals surface area contributed by atoms with Gasteiger partial charge in [-0.25, -0.2) is 4.98 Å². The fourth-order valence-corrected chi connectivity index (χ4v) is 2.97. The predicted octanol–water partition coefficient (Wildman–Crippen LogP) is 3.33. The monoisotopic (exact) mass is 294 g/mol. The minimum absolute atomic E-state index is 0.603. The molecule has 1 saturated heterocycles. The van der Waals surface area contributed by atoms with Gasteiger partial charge in [-0.05, 0) is 23.3 Å². The van der Waals surface area contributed by atoms with Crippen molar-refractivity contribution in [2.24, 2.45) is 0 Å². The van der Waals surface area contributed by atoms with E-state index < -0.39 is 5.79 Å². The average Bonchev–Trinajstić information content (AvgIpc) is 3.08. The molecule has 4 nitrogen and oxygen atoms in total. The third kappa shape index (κ3) is 2.40. The maximum atomic E-state index is 6.10. The van der Waals surface area contributed by atoms with Crippen LogP contribution in [0.15, 0.2) is 61.2 Å². The van der Waals surface area contributed by atoms with E-state index in [4.69, 9.17) is 9.47 Å². The van der Waals surface area contributed by atoms with Gasteiger partial charge in [-0.3, -0.25) is 0 Å². The van der Waals surface area contributed by atoms with Crippen LogP contribution >= 0.6 is 0 Å². The lowest BCUT2D eigenvalue weighted by Gasteiger charge is -2.37. The normalized spacial score (nSPS) is 17.6. The number of benzene rings is 2. The number of hydrogen-bond donors (Lipinski definition) is 0. The van der Waals surface area contributed by atoms with E-state index >= 15 is 0 Å². The van der Waals surface area contributed by atoms with Crippen molar-refractivity contribution in [1.82, 2.24) is 9.55 Å². The fraction of sp³-hybridized carbons (Fsp3) is 0.278. The minimum atomic E-state index is -0.733. The van der Waals surface area contributed by atoms with Crippen molar-refractivity contribution in [3.63, 3.8) is 0 Å². The fourth-order valence-electron chi connectivity index (χ4n) is 2.97. The van der Waals surface area contributed by atoms with Gasteiger partial charge in [0, 0.05) is 18.0 Å². The van der Waals surface area contributed by atoms with Crippen LogP contribution in [0.2, 0.25) is 0 Å². The van der Waals surface area contributed by atoms with E-state index in [9.17, 15) is 0 Å². The molecule has 0 radical (unpaired) electrons. The van der Waals surface area contributed by atoms with E-state index in [0.717, 1.165) is 12.0 Å². The molecule has 0 unspecified atom stereocenters.